The van der Waals surface area contributed by atoms with Gasteiger partial charge in [-0.3, -0.25) is 0 Å². The molecule has 0 spiro atoms. The molecule has 20 valence electrons. The van der Waals surface area contributed by atoms with Crippen LogP contribution in [-0.4, -0.2) is 64.5 Å². The molecule has 4 heavy (non-hydrogen) atoms. The first-order valence-electron chi connectivity index (χ1n) is 0.813. The van der Waals surface area contributed by atoms with Gasteiger partial charge in [-0.25, -0.2) is 0 Å². The molecule has 0 aliphatic heterocycles. The molecular weight excluding hydrogens is 125 g/mol. The van der Waals surface area contributed by atoms with Gasteiger partial charge in [0, 0.05) is 0 Å². The fourth-order valence-electron chi connectivity index (χ4n) is 0. The van der Waals surface area contributed by atoms with E-state index in [1.54, 1.807) is 0 Å². The molecule has 0 aromatic rings. The van der Waals surface area contributed by atoms with Gasteiger partial charge in [0.2, 0.25) is 0 Å². The monoisotopic (exact) mass is 130 g/mol. The summed E-state index contributed by atoms with van der Waals surface area (Å²) in [6.07, 6.45) is 0.750. The van der Waals surface area contributed by atoms with Crippen molar-refractivity contribution in [1.82, 2.24) is 0 Å². The van der Waals surface area contributed by atoms with Crippen LogP contribution in [0.1, 0.15) is 6.92 Å². The Balaban J connectivity index is 0. The number of rotatable bonds is 0. The molecule has 0 aromatic carbocycles. The van der Waals surface area contributed by atoms with Gasteiger partial charge in [0.1, 0.15) is 6.29 Å². The Kier molecular flexibility index (Phi) is 20.0. The summed E-state index contributed by atoms with van der Waals surface area (Å²) in [5, 5.41) is 0. The number of hydrogen-bond acceptors (Lipinski definition) is 1. The van der Waals surface area contributed by atoms with E-state index in [0.717, 1.165) is 6.29 Å². The number of carbonyl (C=O) groups is 1. The molecule has 2 heteroatoms. The fourth-order valence-corrected chi connectivity index (χ4v) is 0. The van der Waals surface area contributed by atoms with E-state index in [1.165, 1.54) is 6.92 Å². The van der Waals surface area contributed by atoms with Crippen molar-refractivity contribution in [2.75, 3.05) is 0 Å². The van der Waals surface area contributed by atoms with Crippen LogP contribution in [0, 0.1) is 0 Å². The minimum atomic E-state index is 0. The van der Waals surface area contributed by atoms with E-state index >= 15 is 0 Å². The summed E-state index contributed by atoms with van der Waals surface area (Å²) in [6.45, 7) is 1.44. The van der Waals surface area contributed by atoms with Crippen molar-refractivity contribution < 1.29 is 4.79 Å². The van der Waals surface area contributed by atoms with Crippen LogP contribution in [0.2, 0.25) is 0 Å². The molecule has 0 saturated heterocycles. The molecule has 0 unspecified atom stereocenters. The van der Waals surface area contributed by atoms with Gasteiger partial charge in [0.05, 0.1) is 0 Å². The van der Waals surface area contributed by atoms with E-state index in [2.05, 4.69) is 0 Å². The van der Waals surface area contributed by atoms with E-state index in [4.69, 9.17) is 4.79 Å². The zero-order valence-corrected chi connectivity index (χ0v) is 1.99. The van der Waals surface area contributed by atoms with Crippen molar-refractivity contribution in [3.63, 3.8) is 0 Å². The van der Waals surface area contributed by atoms with Crippen LogP contribution in [0.25, 0.3) is 0 Å². The Morgan fingerprint density at radius 3 is 1.75 bits per heavy atom. The van der Waals surface area contributed by atoms with E-state index in [0.29, 0.717) is 0 Å². The fraction of sp³-hybridized carbons (Fsp3) is 0.500. The van der Waals surface area contributed by atoms with Crippen LogP contribution in [0.15, 0.2) is 0 Å². The summed E-state index contributed by atoms with van der Waals surface area (Å²) in [6, 6.07) is 0. The Labute approximate surface area is 74.6 Å². The molecule has 0 aromatic heterocycles. The van der Waals surface area contributed by atoms with Crippen molar-refractivity contribution in [3.8, 4) is 0 Å². The quantitative estimate of drug-likeness (QED) is 0.406. The van der Waals surface area contributed by atoms with E-state index in [9.17, 15) is 0 Å². The van der Waals surface area contributed by atoms with E-state index < -0.39 is 0 Å². The molecule has 0 radical (unpaired) electrons. The van der Waals surface area contributed by atoms with E-state index in [1.807, 2.05) is 0 Å². The topological polar surface area (TPSA) is 17.1 Å². The van der Waals surface area contributed by atoms with Crippen LogP contribution in [0.3, 0.4) is 0 Å². The second kappa shape index (κ2) is 8.82. The van der Waals surface area contributed by atoms with Gasteiger partial charge in [-0.2, -0.15) is 0 Å². The molecular formula is C2H5ORb. The van der Waals surface area contributed by atoms with Crippen LogP contribution in [-0.2, 0) is 4.79 Å². The summed E-state index contributed by atoms with van der Waals surface area (Å²) < 4.78 is 0. The van der Waals surface area contributed by atoms with Gasteiger partial charge in [0.15, 0.2) is 0 Å². The van der Waals surface area contributed by atoms with Gasteiger partial charge < -0.3 is 4.79 Å². The van der Waals surface area contributed by atoms with Gasteiger partial charge in [0.25, 0.3) is 0 Å². The molecule has 0 N–H and O–H groups in total. The average molecular weight is 131 g/mol. The third kappa shape index (κ3) is 9.78. The predicted molar refractivity (Wildman–Crippen MR) is 18.9 cm³/mol. The molecule has 0 aliphatic rings. The zero-order chi connectivity index (χ0) is 2.71. The Hall–Kier alpha value is 1.48. The number of carbonyl (C=O) groups excluding carboxylic acids is 1. The molecule has 0 fully saturated rings. The van der Waals surface area contributed by atoms with Crippen molar-refractivity contribution in [3.05, 3.63) is 0 Å². The van der Waals surface area contributed by atoms with Crippen LogP contribution >= 0.6 is 0 Å². The third-order valence-corrected chi connectivity index (χ3v) is 0. The molecule has 1 nitrogen and oxygen atoms in total. The van der Waals surface area contributed by atoms with Gasteiger partial charge in [-0.05, 0) is 6.92 Å². The van der Waals surface area contributed by atoms with Crippen LogP contribution in [0.4, 0.5) is 0 Å². The summed E-state index contributed by atoms with van der Waals surface area (Å²) in [7, 11) is 0. The molecule has 0 heterocycles. The Morgan fingerprint density at radius 1 is 1.75 bits per heavy atom. The molecule has 0 rings (SSSR count). The second-order valence-electron chi connectivity index (χ2n) is 0.236. The SMILES string of the molecule is CC=O.[RbH]. The van der Waals surface area contributed by atoms with Gasteiger partial charge in [-0.15, -0.1) is 0 Å². The maximum absolute atomic E-state index is 8.81. The third-order valence-electron chi connectivity index (χ3n) is 0. The molecule has 0 atom stereocenters. The first kappa shape index (κ1) is 9.08. The number of hydrogen-bond donors (Lipinski definition) is 0. The van der Waals surface area contributed by atoms with Crippen molar-refractivity contribution in [2.45, 2.75) is 6.92 Å². The normalized spacial score (nSPS) is 3.25. The van der Waals surface area contributed by atoms with Gasteiger partial charge >= 0.3 is 58.2 Å². The minimum absolute atomic E-state index is 0. The Bertz CT molecular complexity index is 13.5. The molecule has 0 amide bonds. The molecule has 0 bridgehead atoms. The standard InChI is InChI=1S/C2H4O.Rb.H/c1-2-3;;/h2H,1H3;;. The first-order chi connectivity index (χ1) is 1.41. The summed E-state index contributed by atoms with van der Waals surface area (Å²) in [5.74, 6) is 0. The molecule has 0 saturated carbocycles. The summed E-state index contributed by atoms with van der Waals surface area (Å²) in [4.78, 5) is 8.81. The van der Waals surface area contributed by atoms with Crippen molar-refractivity contribution >= 4 is 64.5 Å². The predicted octanol–water partition coefficient (Wildman–Crippen LogP) is -0.443. The second-order valence-corrected chi connectivity index (χ2v) is 0.236. The molecule has 0 aliphatic carbocycles. The Morgan fingerprint density at radius 2 is 1.75 bits per heavy atom. The van der Waals surface area contributed by atoms with Gasteiger partial charge in [-0.1, -0.05) is 0 Å². The van der Waals surface area contributed by atoms with E-state index in [-0.39, 0.29) is 58.2 Å². The van der Waals surface area contributed by atoms with Crippen molar-refractivity contribution in [2.24, 2.45) is 0 Å². The van der Waals surface area contributed by atoms with Crippen LogP contribution in [0.5, 0.6) is 0 Å². The number of aldehydes is 1. The first-order valence-corrected chi connectivity index (χ1v) is 0.813. The maximum atomic E-state index is 8.81. The van der Waals surface area contributed by atoms with Crippen molar-refractivity contribution in [1.29, 1.82) is 0 Å². The zero-order valence-electron chi connectivity index (χ0n) is 1.99. The average Bonchev–Trinajstić information content (AvgIpc) is 0.918. The summed E-state index contributed by atoms with van der Waals surface area (Å²) >= 11 is 0. The van der Waals surface area contributed by atoms with Crippen LogP contribution < -0.4 is 0 Å². The summed E-state index contributed by atoms with van der Waals surface area (Å²) in [5.41, 5.74) is 0.